The quantitative estimate of drug-likeness (QED) is 0.824. The summed E-state index contributed by atoms with van der Waals surface area (Å²) in [6.07, 6.45) is 0.862. The first-order valence-corrected chi connectivity index (χ1v) is 10.7. The van der Waals surface area contributed by atoms with Crippen LogP contribution in [-0.2, 0) is 21.2 Å². The molecule has 0 saturated carbocycles. The monoisotopic (exact) mass is 408 g/mol. The Bertz CT molecular complexity index is 945. The average molecular weight is 409 g/mol. The predicted molar refractivity (Wildman–Crippen MR) is 106 cm³/mol. The first kappa shape index (κ1) is 19.5. The van der Waals surface area contributed by atoms with Gasteiger partial charge in [-0.15, -0.1) is 0 Å². The minimum absolute atomic E-state index is 0.0535. The van der Waals surface area contributed by atoms with Crippen LogP contribution in [0.2, 0.25) is 5.02 Å². The topological polar surface area (TPSA) is 75.7 Å². The lowest BCUT2D eigenvalue weighted by Gasteiger charge is -2.34. The Balaban J connectivity index is 1.68. The minimum Gasteiger partial charge on any atom is -0.476 e. The lowest BCUT2D eigenvalue weighted by atomic mass is 10.1. The van der Waals surface area contributed by atoms with Gasteiger partial charge in [-0.2, -0.15) is 0 Å². The molecule has 1 N–H and O–H groups in total. The van der Waals surface area contributed by atoms with E-state index in [0.717, 1.165) is 17.4 Å². The smallest absolute Gasteiger partial charge is 0.263 e. The molecule has 1 atom stereocenters. The van der Waals surface area contributed by atoms with E-state index < -0.39 is 16.1 Å². The molecular weight excluding hydrogens is 388 g/mol. The molecule has 3 rings (SSSR count). The van der Waals surface area contributed by atoms with Crippen molar-refractivity contribution in [3.05, 3.63) is 58.6 Å². The maximum absolute atomic E-state index is 12.5. The number of aryl methyl sites for hydroxylation is 1. The number of ether oxygens (including phenoxy) is 1. The average Bonchev–Trinajstić information content (AvgIpc) is 2.61. The zero-order chi connectivity index (χ0) is 19.6. The Labute approximate surface area is 164 Å². The molecule has 6 nitrogen and oxygen atoms in total. The van der Waals surface area contributed by atoms with Crippen molar-refractivity contribution in [1.29, 1.82) is 0 Å². The number of nitrogens with zero attached hydrogens (tertiary/aromatic N) is 1. The summed E-state index contributed by atoms with van der Waals surface area (Å²) in [7, 11) is -3.53. The van der Waals surface area contributed by atoms with Crippen molar-refractivity contribution >= 4 is 33.2 Å². The summed E-state index contributed by atoms with van der Waals surface area (Å²) >= 11 is 5.86. The van der Waals surface area contributed by atoms with E-state index in [1.807, 2.05) is 25.1 Å². The van der Waals surface area contributed by atoms with Gasteiger partial charge in [0, 0.05) is 11.6 Å². The van der Waals surface area contributed by atoms with Crippen molar-refractivity contribution in [2.45, 2.75) is 19.4 Å². The zero-order valence-corrected chi connectivity index (χ0v) is 16.7. The van der Waals surface area contributed by atoms with Crippen LogP contribution in [-0.4, -0.2) is 39.8 Å². The number of rotatable bonds is 5. The molecule has 0 bridgehead atoms. The zero-order valence-electron chi connectivity index (χ0n) is 15.1. The maximum Gasteiger partial charge on any atom is 0.263 e. The van der Waals surface area contributed by atoms with E-state index in [-0.39, 0.29) is 12.5 Å². The molecule has 1 unspecified atom stereocenters. The lowest BCUT2D eigenvalue weighted by molar-refractivity contribution is -0.127. The van der Waals surface area contributed by atoms with E-state index in [4.69, 9.17) is 16.3 Å². The summed E-state index contributed by atoms with van der Waals surface area (Å²) in [6, 6.07) is 12.6. The molecule has 2 aromatic carbocycles. The minimum atomic E-state index is -3.53. The van der Waals surface area contributed by atoms with E-state index in [1.165, 1.54) is 4.31 Å². The van der Waals surface area contributed by atoms with Crippen LogP contribution in [0.25, 0.3) is 0 Å². The Morgan fingerprint density at radius 2 is 1.96 bits per heavy atom. The molecule has 0 saturated heterocycles. The Hall–Kier alpha value is -2.25. The predicted octanol–water partition coefficient (Wildman–Crippen LogP) is 2.53. The van der Waals surface area contributed by atoms with Crippen LogP contribution in [0.5, 0.6) is 5.75 Å². The van der Waals surface area contributed by atoms with Gasteiger partial charge >= 0.3 is 0 Å². The number of carbonyl (C=O) groups is 1. The number of benzene rings is 2. The van der Waals surface area contributed by atoms with Gasteiger partial charge in [-0.1, -0.05) is 29.8 Å². The SMILES string of the molecule is Cc1ccc2c(c1)N(S(C)(=O)=O)CC(C(=O)NCCc1ccc(Cl)cc1)O2. The fourth-order valence-electron chi connectivity index (χ4n) is 2.91. The van der Waals surface area contributed by atoms with Gasteiger partial charge in [0.15, 0.2) is 6.10 Å². The number of carbonyl (C=O) groups excluding carboxylic acids is 1. The molecule has 1 heterocycles. The third-order valence-electron chi connectivity index (χ3n) is 4.30. The summed E-state index contributed by atoms with van der Waals surface area (Å²) < 4.78 is 31.3. The van der Waals surface area contributed by atoms with E-state index in [0.29, 0.717) is 29.4 Å². The largest absolute Gasteiger partial charge is 0.476 e. The van der Waals surface area contributed by atoms with E-state index in [2.05, 4.69) is 5.32 Å². The molecule has 0 fully saturated rings. The Kier molecular flexibility index (Phi) is 5.62. The van der Waals surface area contributed by atoms with Crippen LogP contribution in [0, 0.1) is 6.92 Å². The molecule has 27 heavy (non-hydrogen) atoms. The van der Waals surface area contributed by atoms with Crippen LogP contribution in [0.15, 0.2) is 42.5 Å². The third kappa shape index (κ3) is 4.73. The molecule has 1 amide bonds. The summed E-state index contributed by atoms with van der Waals surface area (Å²) in [5, 5.41) is 3.47. The molecular formula is C19H21ClN2O4S. The second-order valence-electron chi connectivity index (χ2n) is 6.54. The van der Waals surface area contributed by atoms with Gasteiger partial charge < -0.3 is 10.1 Å². The number of sulfonamides is 1. The van der Waals surface area contributed by atoms with Gasteiger partial charge in [-0.05, 0) is 48.7 Å². The summed E-state index contributed by atoms with van der Waals surface area (Å²) in [5.41, 5.74) is 2.42. The van der Waals surface area contributed by atoms with E-state index in [9.17, 15) is 13.2 Å². The van der Waals surface area contributed by atoms with Crippen LogP contribution in [0.3, 0.4) is 0 Å². The number of amides is 1. The lowest BCUT2D eigenvalue weighted by Crippen LogP contribution is -2.50. The standard InChI is InChI=1S/C19H21ClN2O4S/c1-13-3-8-17-16(11-13)22(27(2,24)25)12-18(26-17)19(23)21-10-9-14-4-6-15(20)7-5-14/h3-8,11,18H,9-10,12H2,1-2H3,(H,21,23). The van der Waals surface area contributed by atoms with Crippen LogP contribution in [0.4, 0.5) is 5.69 Å². The van der Waals surface area contributed by atoms with Gasteiger partial charge in [-0.25, -0.2) is 8.42 Å². The maximum atomic E-state index is 12.5. The first-order valence-electron chi connectivity index (χ1n) is 8.51. The Morgan fingerprint density at radius 3 is 2.63 bits per heavy atom. The number of nitrogens with one attached hydrogen (secondary N) is 1. The van der Waals surface area contributed by atoms with E-state index >= 15 is 0 Å². The number of anilines is 1. The molecule has 0 radical (unpaired) electrons. The molecule has 0 aromatic heterocycles. The number of hydrogen-bond acceptors (Lipinski definition) is 4. The van der Waals surface area contributed by atoms with Crippen molar-refractivity contribution in [1.82, 2.24) is 5.32 Å². The van der Waals surface area contributed by atoms with Crippen molar-refractivity contribution in [2.75, 3.05) is 23.7 Å². The van der Waals surface area contributed by atoms with Gasteiger partial charge in [0.1, 0.15) is 5.75 Å². The molecule has 0 spiro atoms. The normalized spacial score (nSPS) is 16.4. The van der Waals surface area contributed by atoms with Crippen LogP contribution < -0.4 is 14.4 Å². The number of halogens is 1. The highest BCUT2D eigenvalue weighted by Crippen LogP contribution is 2.35. The highest BCUT2D eigenvalue weighted by atomic mass is 35.5. The second-order valence-corrected chi connectivity index (χ2v) is 8.88. The van der Waals surface area contributed by atoms with Gasteiger partial charge in [0.05, 0.1) is 18.5 Å². The second kappa shape index (κ2) is 7.78. The molecule has 0 aliphatic carbocycles. The Morgan fingerprint density at radius 1 is 1.26 bits per heavy atom. The number of hydrogen-bond donors (Lipinski definition) is 1. The van der Waals surface area contributed by atoms with Crippen molar-refractivity contribution in [3.8, 4) is 5.75 Å². The third-order valence-corrected chi connectivity index (χ3v) is 5.70. The molecule has 8 heteroatoms. The van der Waals surface area contributed by atoms with Gasteiger partial charge in [0.2, 0.25) is 10.0 Å². The fourth-order valence-corrected chi connectivity index (χ4v) is 3.94. The molecule has 2 aromatic rings. The van der Waals surface area contributed by atoms with Crippen molar-refractivity contribution in [2.24, 2.45) is 0 Å². The van der Waals surface area contributed by atoms with E-state index in [1.54, 1.807) is 24.3 Å². The van der Waals surface area contributed by atoms with Crippen molar-refractivity contribution < 1.29 is 17.9 Å². The van der Waals surface area contributed by atoms with Crippen molar-refractivity contribution in [3.63, 3.8) is 0 Å². The summed E-state index contributed by atoms with van der Waals surface area (Å²) in [4.78, 5) is 12.5. The number of fused-ring (bicyclic) bond motifs is 1. The molecule has 1 aliphatic heterocycles. The summed E-state index contributed by atoms with van der Waals surface area (Å²) in [5.74, 6) is 0.0407. The fraction of sp³-hybridized carbons (Fsp3) is 0.316. The van der Waals surface area contributed by atoms with Crippen LogP contribution >= 0.6 is 11.6 Å². The highest BCUT2D eigenvalue weighted by Gasteiger charge is 2.34. The highest BCUT2D eigenvalue weighted by molar-refractivity contribution is 7.92. The molecule has 144 valence electrons. The summed E-state index contributed by atoms with van der Waals surface area (Å²) in [6.45, 7) is 2.23. The first-order chi connectivity index (χ1) is 12.7. The molecule has 1 aliphatic rings. The van der Waals surface area contributed by atoms with Gasteiger partial charge in [-0.3, -0.25) is 9.10 Å². The van der Waals surface area contributed by atoms with Crippen LogP contribution in [0.1, 0.15) is 11.1 Å². The van der Waals surface area contributed by atoms with Gasteiger partial charge in [0.25, 0.3) is 5.91 Å².